The third kappa shape index (κ3) is 3.50. The van der Waals surface area contributed by atoms with Gasteiger partial charge in [0.25, 0.3) is 0 Å². The molecule has 0 aliphatic rings. The minimum atomic E-state index is 0.106. The molecule has 0 unspecified atom stereocenters. The number of nitrogens with one attached hydrogen (secondary N) is 1. The van der Waals surface area contributed by atoms with E-state index in [2.05, 4.69) is 10.3 Å². The average molecular weight is 226 g/mol. The Morgan fingerprint density at radius 1 is 1.12 bits per heavy atom. The molecule has 86 valence electrons. The number of ketones is 1. The summed E-state index contributed by atoms with van der Waals surface area (Å²) in [5.74, 6) is 0.106. The van der Waals surface area contributed by atoms with Crippen molar-refractivity contribution in [3.05, 3.63) is 66.0 Å². The van der Waals surface area contributed by atoms with Gasteiger partial charge in [0.2, 0.25) is 0 Å². The lowest BCUT2D eigenvalue weighted by atomic mass is 10.1. The summed E-state index contributed by atoms with van der Waals surface area (Å²) >= 11 is 0. The Bertz CT molecular complexity index is 468. The van der Waals surface area contributed by atoms with Crippen LogP contribution in [0.4, 0.5) is 0 Å². The number of hydrogen-bond acceptors (Lipinski definition) is 3. The molecule has 1 aromatic heterocycles. The minimum Gasteiger partial charge on any atom is -0.306 e. The number of carbonyl (C=O) groups excluding carboxylic acids is 1. The van der Waals surface area contributed by atoms with E-state index in [0.29, 0.717) is 13.1 Å². The first kappa shape index (κ1) is 11.5. The Morgan fingerprint density at radius 2 is 1.94 bits per heavy atom. The normalized spacial score (nSPS) is 10.1. The zero-order chi connectivity index (χ0) is 11.9. The maximum absolute atomic E-state index is 11.8. The molecular weight excluding hydrogens is 212 g/mol. The van der Waals surface area contributed by atoms with Crippen molar-refractivity contribution in [3.63, 3.8) is 0 Å². The van der Waals surface area contributed by atoms with Gasteiger partial charge in [0, 0.05) is 24.5 Å². The Balaban J connectivity index is 1.82. The number of pyridine rings is 1. The lowest BCUT2D eigenvalue weighted by Gasteiger charge is -2.03. The van der Waals surface area contributed by atoms with Crippen LogP contribution in [0, 0.1) is 0 Å². The molecule has 0 aliphatic heterocycles. The van der Waals surface area contributed by atoms with Crippen molar-refractivity contribution in [1.82, 2.24) is 10.3 Å². The molecule has 2 aromatic rings. The summed E-state index contributed by atoms with van der Waals surface area (Å²) in [6, 6.07) is 13.2. The maximum Gasteiger partial charge on any atom is 0.176 e. The molecule has 3 heteroatoms. The van der Waals surface area contributed by atoms with Gasteiger partial charge in [-0.2, -0.15) is 0 Å². The smallest absolute Gasteiger partial charge is 0.176 e. The monoisotopic (exact) mass is 226 g/mol. The van der Waals surface area contributed by atoms with Gasteiger partial charge in [0.15, 0.2) is 5.78 Å². The van der Waals surface area contributed by atoms with E-state index < -0.39 is 0 Å². The topological polar surface area (TPSA) is 42.0 Å². The van der Waals surface area contributed by atoms with Crippen molar-refractivity contribution in [3.8, 4) is 0 Å². The third-order valence-corrected chi connectivity index (χ3v) is 2.43. The summed E-state index contributed by atoms with van der Waals surface area (Å²) in [4.78, 5) is 15.8. The highest BCUT2D eigenvalue weighted by molar-refractivity contribution is 5.97. The number of carbonyl (C=O) groups is 1. The molecule has 0 radical (unpaired) electrons. The second-order valence-electron chi connectivity index (χ2n) is 3.75. The van der Waals surface area contributed by atoms with Crippen LogP contribution >= 0.6 is 0 Å². The highest BCUT2D eigenvalue weighted by atomic mass is 16.1. The summed E-state index contributed by atoms with van der Waals surface area (Å²) in [5.41, 5.74) is 1.82. The quantitative estimate of drug-likeness (QED) is 0.793. The lowest BCUT2D eigenvalue weighted by Crippen LogP contribution is -2.22. The van der Waals surface area contributed by atoms with Crippen LogP contribution in [-0.4, -0.2) is 17.3 Å². The van der Waals surface area contributed by atoms with Crippen molar-refractivity contribution in [1.29, 1.82) is 0 Å². The molecule has 0 bridgehead atoms. The molecule has 0 saturated carbocycles. The number of hydrogen-bond donors (Lipinski definition) is 1. The van der Waals surface area contributed by atoms with Crippen LogP contribution in [0.3, 0.4) is 0 Å². The van der Waals surface area contributed by atoms with Crippen molar-refractivity contribution < 1.29 is 4.79 Å². The standard InChI is InChI=1S/C14H14N2O/c17-14(13-6-2-1-3-7-13)11-16-10-12-5-4-8-15-9-12/h1-9,16H,10-11H2. The Hall–Kier alpha value is -2.00. The first-order valence-corrected chi connectivity index (χ1v) is 5.54. The lowest BCUT2D eigenvalue weighted by molar-refractivity contribution is 0.0991. The van der Waals surface area contributed by atoms with Crippen LogP contribution in [-0.2, 0) is 6.54 Å². The number of benzene rings is 1. The first-order chi connectivity index (χ1) is 8.36. The largest absolute Gasteiger partial charge is 0.306 e. The van der Waals surface area contributed by atoms with Gasteiger partial charge in [0.1, 0.15) is 0 Å². The third-order valence-electron chi connectivity index (χ3n) is 2.43. The van der Waals surface area contributed by atoms with E-state index in [-0.39, 0.29) is 5.78 Å². The van der Waals surface area contributed by atoms with Crippen molar-refractivity contribution >= 4 is 5.78 Å². The molecular formula is C14H14N2O. The van der Waals surface area contributed by atoms with Gasteiger partial charge >= 0.3 is 0 Å². The van der Waals surface area contributed by atoms with Crippen LogP contribution in [0.25, 0.3) is 0 Å². The second kappa shape index (κ2) is 5.92. The Labute approximate surface area is 101 Å². The predicted molar refractivity (Wildman–Crippen MR) is 66.7 cm³/mol. The summed E-state index contributed by atoms with van der Waals surface area (Å²) in [7, 11) is 0. The molecule has 1 aromatic carbocycles. The molecule has 3 nitrogen and oxygen atoms in total. The van der Waals surface area contributed by atoms with Crippen LogP contribution in [0.5, 0.6) is 0 Å². The fourth-order valence-corrected chi connectivity index (χ4v) is 1.55. The van der Waals surface area contributed by atoms with Crippen LogP contribution in [0.1, 0.15) is 15.9 Å². The van der Waals surface area contributed by atoms with E-state index >= 15 is 0 Å². The zero-order valence-electron chi connectivity index (χ0n) is 9.47. The number of rotatable bonds is 5. The number of Topliss-reactive ketones (excluding diaryl/α,β-unsaturated/α-hetero) is 1. The minimum absolute atomic E-state index is 0.106. The van der Waals surface area contributed by atoms with Gasteiger partial charge in [-0.15, -0.1) is 0 Å². The van der Waals surface area contributed by atoms with E-state index in [1.807, 2.05) is 42.5 Å². The van der Waals surface area contributed by atoms with Gasteiger partial charge in [0.05, 0.1) is 6.54 Å². The number of aromatic nitrogens is 1. The van der Waals surface area contributed by atoms with Crippen molar-refractivity contribution in [2.45, 2.75) is 6.54 Å². The fraction of sp³-hybridized carbons (Fsp3) is 0.143. The molecule has 1 N–H and O–H groups in total. The van der Waals surface area contributed by atoms with Gasteiger partial charge < -0.3 is 5.32 Å². The van der Waals surface area contributed by atoms with Crippen molar-refractivity contribution in [2.75, 3.05) is 6.54 Å². The van der Waals surface area contributed by atoms with Crippen molar-refractivity contribution in [2.24, 2.45) is 0 Å². The highest BCUT2D eigenvalue weighted by Crippen LogP contribution is 1.99. The molecule has 0 atom stereocenters. The molecule has 0 saturated heterocycles. The van der Waals surface area contributed by atoms with Gasteiger partial charge in [-0.25, -0.2) is 0 Å². The maximum atomic E-state index is 11.8. The predicted octanol–water partition coefficient (Wildman–Crippen LogP) is 2.05. The second-order valence-corrected chi connectivity index (χ2v) is 3.75. The van der Waals surface area contributed by atoms with Crippen LogP contribution in [0.15, 0.2) is 54.9 Å². The molecule has 0 spiro atoms. The Kier molecular flexibility index (Phi) is 4.00. The fourth-order valence-electron chi connectivity index (χ4n) is 1.55. The van der Waals surface area contributed by atoms with E-state index in [4.69, 9.17) is 0 Å². The van der Waals surface area contributed by atoms with E-state index in [1.165, 1.54) is 0 Å². The summed E-state index contributed by atoms with van der Waals surface area (Å²) in [6.07, 6.45) is 3.53. The molecule has 1 heterocycles. The highest BCUT2D eigenvalue weighted by Gasteiger charge is 2.03. The zero-order valence-corrected chi connectivity index (χ0v) is 9.47. The average Bonchev–Trinajstić information content (AvgIpc) is 2.41. The van der Waals surface area contributed by atoms with Gasteiger partial charge in [-0.3, -0.25) is 9.78 Å². The van der Waals surface area contributed by atoms with E-state index in [0.717, 1.165) is 11.1 Å². The van der Waals surface area contributed by atoms with E-state index in [9.17, 15) is 4.79 Å². The molecule has 2 rings (SSSR count). The summed E-state index contributed by atoms with van der Waals surface area (Å²) in [6.45, 7) is 1.01. The van der Waals surface area contributed by atoms with Crippen LogP contribution in [0.2, 0.25) is 0 Å². The molecule has 17 heavy (non-hydrogen) atoms. The van der Waals surface area contributed by atoms with Gasteiger partial charge in [-0.1, -0.05) is 36.4 Å². The summed E-state index contributed by atoms with van der Waals surface area (Å²) < 4.78 is 0. The molecule has 0 amide bonds. The SMILES string of the molecule is O=C(CNCc1cccnc1)c1ccccc1. The first-order valence-electron chi connectivity index (χ1n) is 5.54. The number of nitrogens with zero attached hydrogens (tertiary/aromatic N) is 1. The van der Waals surface area contributed by atoms with Crippen LogP contribution < -0.4 is 5.32 Å². The Morgan fingerprint density at radius 3 is 2.65 bits per heavy atom. The van der Waals surface area contributed by atoms with Gasteiger partial charge in [-0.05, 0) is 11.6 Å². The molecule has 0 aliphatic carbocycles. The summed E-state index contributed by atoms with van der Waals surface area (Å²) in [5, 5.41) is 3.11. The molecule has 0 fully saturated rings. The van der Waals surface area contributed by atoms with E-state index in [1.54, 1.807) is 12.4 Å².